The fourth-order valence-corrected chi connectivity index (χ4v) is 1.47. The molecule has 0 aromatic carbocycles. The lowest BCUT2D eigenvalue weighted by Gasteiger charge is -2.07. The lowest BCUT2D eigenvalue weighted by atomic mass is 10.1. The number of carbonyl (C=O) groups excluding carboxylic acids is 1. The van der Waals surface area contributed by atoms with Gasteiger partial charge in [0.05, 0.1) is 13.0 Å². The molecule has 0 saturated heterocycles. The standard InChI is InChI=1S/C12H24O2S/c1-10(2)7-5-4-6-8-14-12(13)9-11(3)15/h10-11,15H,4-9H2,1-3H3. The maximum atomic E-state index is 11.1. The Kier molecular flexibility index (Phi) is 8.97. The van der Waals surface area contributed by atoms with Crippen LogP contribution in [-0.2, 0) is 9.53 Å². The van der Waals surface area contributed by atoms with Crippen LogP contribution in [-0.4, -0.2) is 17.8 Å². The highest BCUT2D eigenvalue weighted by molar-refractivity contribution is 7.80. The molecule has 0 N–H and O–H groups in total. The zero-order valence-corrected chi connectivity index (χ0v) is 11.1. The van der Waals surface area contributed by atoms with Gasteiger partial charge in [-0.1, -0.05) is 40.0 Å². The number of esters is 1. The minimum absolute atomic E-state index is 0.0958. The summed E-state index contributed by atoms with van der Waals surface area (Å²) in [5.41, 5.74) is 0. The van der Waals surface area contributed by atoms with Crippen LogP contribution < -0.4 is 0 Å². The van der Waals surface area contributed by atoms with E-state index in [0.29, 0.717) is 13.0 Å². The molecular formula is C12H24O2S. The number of unbranched alkanes of at least 4 members (excludes halogenated alkanes) is 2. The molecule has 0 aromatic heterocycles. The second-order valence-corrected chi connectivity index (χ2v) is 5.40. The van der Waals surface area contributed by atoms with E-state index in [0.717, 1.165) is 18.8 Å². The Balaban J connectivity index is 3.20. The van der Waals surface area contributed by atoms with Gasteiger partial charge in [0.2, 0.25) is 0 Å². The van der Waals surface area contributed by atoms with E-state index in [4.69, 9.17) is 4.74 Å². The lowest BCUT2D eigenvalue weighted by molar-refractivity contribution is -0.143. The Morgan fingerprint density at radius 1 is 1.20 bits per heavy atom. The fourth-order valence-electron chi connectivity index (χ4n) is 1.32. The van der Waals surface area contributed by atoms with Gasteiger partial charge in [0.15, 0.2) is 0 Å². The predicted octanol–water partition coefficient (Wildman–Crippen LogP) is 3.45. The summed E-state index contributed by atoms with van der Waals surface area (Å²) in [7, 11) is 0. The first kappa shape index (κ1) is 14.8. The van der Waals surface area contributed by atoms with Gasteiger partial charge in [-0.15, -0.1) is 0 Å². The van der Waals surface area contributed by atoms with E-state index in [2.05, 4.69) is 26.5 Å². The highest BCUT2D eigenvalue weighted by Gasteiger charge is 2.05. The first-order chi connectivity index (χ1) is 7.02. The van der Waals surface area contributed by atoms with Crippen molar-refractivity contribution in [1.82, 2.24) is 0 Å². The van der Waals surface area contributed by atoms with E-state index in [-0.39, 0.29) is 11.2 Å². The highest BCUT2D eigenvalue weighted by Crippen LogP contribution is 2.08. The summed E-state index contributed by atoms with van der Waals surface area (Å²) >= 11 is 4.14. The van der Waals surface area contributed by atoms with Gasteiger partial charge in [-0.05, 0) is 12.3 Å². The molecule has 0 fully saturated rings. The molecule has 1 unspecified atom stereocenters. The van der Waals surface area contributed by atoms with E-state index in [1.165, 1.54) is 12.8 Å². The van der Waals surface area contributed by atoms with Crippen molar-refractivity contribution in [3.63, 3.8) is 0 Å². The predicted molar refractivity (Wildman–Crippen MR) is 67.3 cm³/mol. The summed E-state index contributed by atoms with van der Waals surface area (Å²) in [6.07, 6.45) is 5.05. The largest absolute Gasteiger partial charge is 0.466 e. The Labute approximate surface area is 99.2 Å². The van der Waals surface area contributed by atoms with Crippen molar-refractivity contribution in [2.45, 2.75) is 58.1 Å². The second kappa shape index (κ2) is 9.08. The monoisotopic (exact) mass is 232 g/mol. The zero-order valence-electron chi connectivity index (χ0n) is 10.2. The molecule has 0 aliphatic rings. The van der Waals surface area contributed by atoms with Crippen LogP contribution in [0.1, 0.15) is 52.9 Å². The SMILES string of the molecule is CC(C)CCCCCOC(=O)CC(C)S. The van der Waals surface area contributed by atoms with E-state index in [1.54, 1.807) is 0 Å². The van der Waals surface area contributed by atoms with Gasteiger partial charge < -0.3 is 4.74 Å². The van der Waals surface area contributed by atoms with Crippen LogP contribution in [0.3, 0.4) is 0 Å². The zero-order chi connectivity index (χ0) is 11.7. The Bertz CT molecular complexity index is 167. The summed E-state index contributed by atoms with van der Waals surface area (Å²) in [6, 6.07) is 0. The average Bonchev–Trinajstić information content (AvgIpc) is 2.09. The molecular weight excluding hydrogens is 208 g/mol. The Morgan fingerprint density at radius 3 is 2.40 bits per heavy atom. The maximum absolute atomic E-state index is 11.1. The lowest BCUT2D eigenvalue weighted by Crippen LogP contribution is -2.10. The smallest absolute Gasteiger partial charge is 0.306 e. The normalized spacial score (nSPS) is 12.9. The third kappa shape index (κ3) is 11.7. The Hall–Kier alpha value is -0.180. The van der Waals surface area contributed by atoms with Crippen molar-refractivity contribution in [3.05, 3.63) is 0 Å². The second-order valence-electron chi connectivity index (χ2n) is 4.52. The van der Waals surface area contributed by atoms with Crippen molar-refractivity contribution in [2.75, 3.05) is 6.61 Å². The van der Waals surface area contributed by atoms with Crippen LogP contribution in [0.5, 0.6) is 0 Å². The molecule has 0 heterocycles. The number of hydrogen-bond acceptors (Lipinski definition) is 3. The fraction of sp³-hybridized carbons (Fsp3) is 0.917. The molecule has 3 heteroatoms. The summed E-state index contributed by atoms with van der Waals surface area (Å²) in [6.45, 7) is 6.92. The third-order valence-corrected chi connectivity index (χ3v) is 2.33. The van der Waals surface area contributed by atoms with Gasteiger partial charge in [0.1, 0.15) is 0 Å². The summed E-state index contributed by atoms with van der Waals surface area (Å²) < 4.78 is 5.07. The quantitative estimate of drug-likeness (QED) is 0.394. The molecule has 0 radical (unpaired) electrons. The molecule has 0 rings (SSSR count). The van der Waals surface area contributed by atoms with Crippen LogP contribution in [0.25, 0.3) is 0 Å². The number of rotatable bonds is 8. The minimum Gasteiger partial charge on any atom is -0.466 e. The number of thiol groups is 1. The van der Waals surface area contributed by atoms with Crippen molar-refractivity contribution in [1.29, 1.82) is 0 Å². The molecule has 0 aliphatic carbocycles. The number of ether oxygens (including phenoxy) is 1. The van der Waals surface area contributed by atoms with Gasteiger partial charge >= 0.3 is 5.97 Å². The first-order valence-electron chi connectivity index (χ1n) is 5.86. The minimum atomic E-state index is -0.124. The van der Waals surface area contributed by atoms with Crippen molar-refractivity contribution < 1.29 is 9.53 Å². The summed E-state index contributed by atoms with van der Waals surface area (Å²) in [5, 5.41) is 0.0958. The van der Waals surface area contributed by atoms with Crippen LogP contribution in [0.2, 0.25) is 0 Å². The van der Waals surface area contributed by atoms with E-state index >= 15 is 0 Å². The van der Waals surface area contributed by atoms with E-state index < -0.39 is 0 Å². The van der Waals surface area contributed by atoms with Crippen LogP contribution >= 0.6 is 12.6 Å². The topological polar surface area (TPSA) is 26.3 Å². The number of hydrogen-bond donors (Lipinski definition) is 1. The van der Waals surface area contributed by atoms with Gasteiger partial charge in [0.25, 0.3) is 0 Å². The van der Waals surface area contributed by atoms with Crippen molar-refractivity contribution in [2.24, 2.45) is 5.92 Å². The molecule has 0 bridgehead atoms. The molecule has 0 amide bonds. The summed E-state index contributed by atoms with van der Waals surface area (Å²) in [5.74, 6) is 0.652. The van der Waals surface area contributed by atoms with E-state index in [9.17, 15) is 4.79 Å². The molecule has 0 saturated carbocycles. The molecule has 0 aliphatic heterocycles. The maximum Gasteiger partial charge on any atom is 0.306 e. The van der Waals surface area contributed by atoms with Gasteiger partial charge in [-0.3, -0.25) is 4.79 Å². The van der Waals surface area contributed by atoms with E-state index in [1.807, 2.05) is 6.92 Å². The highest BCUT2D eigenvalue weighted by atomic mass is 32.1. The van der Waals surface area contributed by atoms with Gasteiger partial charge in [0, 0.05) is 5.25 Å². The molecule has 15 heavy (non-hydrogen) atoms. The molecule has 1 atom stereocenters. The van der Waals surface area contributed by atoms with Crippen LogP contribution in [0, 0.1) is 5.92 Å². The molecule has 0 spiro atoms. The molecule has 90 valence electrons. The van der Waals surface area contributed by atoms with Crippen LogP contribution in [0.4, 0.5) is 0 Å². The van der Waals surface area contributed by atoms with Crippen molar-refractivity contribution >= 4 is 18.6 Å². The van der Waals surface area contributed by atoms with Gasteiger partial charge in [-0.2, -0.15) is 12.6 Å². The van der Waals surface area contributed by atoms with Crippen molar-refractivity contribution in [3.8, 4) is 0 Å². The first-order valence-corrected chi connectivity index (χ1v) is 6.37. The molecule has 2 nitrogen and oxygen atoms in total. The van der Waals surface area contributed by atoms with Crippen LogP contribution in [0.15, 0.2) is 0 Å². The third-order valence-electron chi connectivity index (χ3n) is 2.15. The average molecular weight is 232 g/mol. The van der Waals surface area contributed by atoms with Gasteiger partial charge in [-0.25, -0.2) is 0 Å². The Morgan fingerprint density at radius 2 is 1.87 bits per heavy atom. The number of carbonyl (C=O) groups is 1. The summed E-state index contributed by atoms with van der Waals surface area (Å²) in [4.78, 5) is 11.1. The molecule has 0 aromatic rings.